The van der Waals surface area contributed by atoms with E-state index in [4.69, 9.17) is 27.0 Å². The molecule has 0 bridgehead atoms. The molecule has 0 aliphatic rings. The molecule has 0 saturated heterocycles. The van der Waals surface area contributed by atoms with Crippen LogP contribution in [0.3, 0.4) is 0 Å². The van der Waals surface area contributed by atoms with Gasteiger partial charge in [0.05, 0.1) is 11.2 Å². The van der Waals surface area contributed by atoms with Crippen LogP contribution in [0, 0.1) is 5.92 Å². The second kappa shape index (κ2) is 7.49. The fourth-order valence-corrected chi connectivity index (χ4v) is 3.15. The number of benzene rings is 1. The van der Waals surface area contributed by atoms with E-state index >= 15 is 0 Å². The standard InChI is InChI=1S/C14H16ClN3O4S/c15-11-3-5-13(6-4-11)23(20,21)17-9-10(14(16)18-19)8-12-2-1-7-22-12/h1-7,10,17,19H,8-9H2,(H2,16,18). The highest BCUT2D eigenvalue weighted by Crippen LogP contribution is 2.15. The minimum absolute atomic E-state index is 0.0401. The third-order valence-corrected chi connectivity index (χ3v) is 4.90. The number of halogens is 1. The molecule has 7 nitrogen and oxygen atoms in total. The molecule has 0 fully saturated rings. The Hall–Kier alpha value is -2.03. The summed E-state index contributed by atoms with van der Waals surface area (Å²) in [6.07, 6.45) is 1.79. The van der Waals surface area contributed by atoms with Crippen LogP contribution in [-0.4, -0.2) is 26.0 Å². The maximum Gasteiger partial charge on any atom is 0.240 e. The molecule has 1 heterocycles. The minimum Gasteiger partial charge on any atom is -0.469 e. The quantitative estimate of drug-likeness (QED) is 0.302. The van der Waals surface area contributed by atoms with Crippen LogP contribution in [0.25, 0.3) is 0 Å². The molecule has 23 heavy (non-hydrogen) atoms. The van der Waals surface area contributed by atoms with Crippen LogP contribution in [-0.2, 0) is 16.4 Å². The van der Waals surface area contributed by atoms with E-state index in [1.54, 1.807) is 12.1 Å². The Balaban J connectivity index is 2.09. The van der Waals surface area contributed by atoms with E-state index in [2.05, 4.69) is 9.88 Å². The number of amidine groups is 1. The molecule has 0 amide bonds. The van der Waals surface area contributed by atoms with Gasteiger partial charge in [-0.15, -0.1) is 0 Å². The van der Waals surface area contributed by atoms with Crippen molar-refractivity contribution < 1.29 is 18.0 Å². The first-order valence-electron chi connectivity index (χ1n) is 6.67. The van der Waals surface area contributed by atoms with Crippen LogP contribution in [0.15, 0.2) is 57.1 Å². The average Bonchev–Trinajstić information content (AvgIpc) is 3.04. The summed E-state index contributed by atoms with van der Waals surface area (Å²) in [5.74, 6) is -0.0271. The van der Waals surface area contributed by atoms with Gasteiger partial charge in [-0.25, -0.2) is 13.1 Å². The molecule has 1 aromatic carbocycles. The van der Waals surface area contributed by atoms with Crippen molar-refractivity contribution in [2.24, 2.45) is 16.8 Å². The Morgan fingerprint density at radius 2 is 2.04 bits per heavy atom. The van der Waals surface area contributed by atoms with Crippen LogP contribution in [0.2, 0.25) is 5.02 Å². The van der Waals surface area contributed by atoms with Gasteiger partial charge in [0.25, 0.3) is 0 Å². The summed E-state index contributed by atoms with van der Waals surface area (Å²) in [6, 6.07) is 9.20. The molecule has 0 saturated carbocycles. The summed E-state index contributed by atoms with van der Waals surface area (Å²) >= 11 is 5.74. The number of nitrogens with zero attached hydrogens (tertiary/aromatic N) is 1. The second-order valence-electron chi connectivity index (χ2n) is 4.81. The lowest BCUT2D eigenvalue weighted by Gasteiger charge is -2.15. The van der Waals surface area contributed by atoms with E-state index in [-0.39, 0.29) is 17.3 Å². The first-order valence-corrected chi connectivity index (χ1v) is 8.53. The predicted molar refractivity (Wildman–Crippen MR) is 86.0 cm³/mol. The molecule has 1 atom stereocenters. The van der Waals surface area contributed by atoms with Gasteiger partial charge in [0.2, 0.25) is 10.0 Å². The number of oxime groups is 1. The van der Waals surface area contributed by atoms with E-state index in [1.165, 1.54) is 30.5 Å². The van der Waals surface area contributed by atoms with Crippen molar-refractivity contribution in [3.63, 3.8) is 0 Å². The zero-order chi connectivity index (χ0) is 16.9. The molecule has 2 aromatic rings. The highest BCUT2D eigenvalue weighted by Gasteiger charge is 2.21. The van der Waals surface area contributed by atoms with E-state index in [0.29, 0.717) is 17.2 Å². The summed E-state index contributed by atoms with van der Waals surface area (Å²) in [4.78, 5) is 0.0816. The molecular formula is C14H16ClN3O4S. The van der Waals surface area contributed by atoms with Crippen molar-refractivity contribution in [3.8, 4) is 0 Å². The van der Waals surface area contributed by atoms with Gasteiger partial charge >= 0.3 is 0 Å². The summed E-state index contributed by atoms with van der Waals surface area (Å²) < 4.78 is 32.1. The Kier molecular flexibility index (Phi) is 5.64. The number of hydrogen-bond acceptors (Lipinski definition) is 5. The number of sulfonamides is 1. The zero-order valence-electron chi connectivity index (χ0n) is 12.0. The van der Waals surface area contributed by atoms with Crippen molar-refractivity contribution in [1.82, 2.24) is 4.72 Å². The Labute approximate surface area is 138 Å². The fourth-order valence-electron chi connectivity index (χ4n) is 1.94. The summed E-state index contributed by atoms with van der Waals surface area (Å²) in [5.41, 5.74) is 5.63. The molecular weight excluding hydrogens is 342 g/mol. The lowest BCUT2D eigenvalue weighted by molar-refractivity contribution is 0.313. The van der Waals surface area contributed by atoms with Crippen LogP contribution < -0.4 is 10.5 Å². The van der Waals surface area contributed by atoms with Gasteiger partial charge in [-0.1, -0.05) is 16.8 Å². The second-order valence-corrected chi connectivity index (χ2v) is 7.01. The smallest absolute Gasteiger partial charge is 0.240 e. The molecule has 0 aliphatic heterocycles. The van der Waals surface area contributed by atoms with Gasteiger partial charge < -0.3 is 15.4 Å². The van der Waals surface area contributed by atoms with Gasteiger partial charge in [-0.3, -0.25) is 0 Å². The number of nitrogens with one attached hydrogen (secondary N) is 1. The summed E-state index contributed by atoms with van der Waals surface area (Å²) in [7, 11) is -3.72. The molecule has 1 unspecified atom stereocenters. The van der Waals surface area contributed by atoms with E-state index < -0.39 is 15.9 Å². The van der Waals surface area contributed by atoms with Gasteiger partial charge in [0, 0.05) is 23.9 Å². The molecule has 124 valence electrons. The van der Waals surface area contributed by atoms with Crippen molar-refractivity contribution in [2.45, 2.75) is 11.3 Å². The molecule has 4 N–H and O–H groups in total. The third-order valence-electron chi connectivity index (χ3n) is 3.21. The van der Waals surface area contributed by atoms with Gasteiger partial charge in [0.1, 0.15) is 11.6 Å². The van der Waals surface area contributed by atoms with Gasteiger partial charge in [-0.05, 0) is 36.4 Å². The normalized spacial score (nSPS) is 13.9. The van der Waals surface area contributed by atoms with Crippen LogP contribution in [0.5, 0.6) is 0 Å². The minimum atomic E-state index is -3.72. The molecule has 1 aromatic heterocycles. The van der Waals surface area contributed by atoms with Crippen LogP contribution >= 0.6 is 11.6 Å². The monoisotopic (exact) mass is 357 g/mol. The van der Waals surface area contributed by atoms with Gasteiger partial charge in [-0.2, -0.15) is 0 Å². The van der Waals surface area contributed by atoms with Crippen molar-refractivity contribution in [1.29, 1.82) is 0 Å². The molecule has 0 spiro atoms. The van der Waals surface area contributed by atoms with Crippen LogP contribution in [0.4, 0.5) is 0 Å². The number of hydrogen-bond donors (Lipinski definition) is 3. The zero-order valence-corrected chi connectivity index (χ0v) is 13.6. The van der Waals surface area contributed by atoms with Crippen molar-refractivity contribution in [3.05, 3.63) is 53.4 Å². The lowest BCUT2D eigenvalue weighted by Crippen LogP contribution is -2.37. The number of nitrogens with two attached hydrogens (primary N) is 1. The third kappa shape index (κ3) is 4.72. The Bertz CT molecular complexity index is 758. The van der Waals surface area contributed by atoms with E-state index in [1.807, 2.05) is 0 Å². The highest BCUT2D eigenvalue weighted by atomic mass is 35.5. The molecule has 9 heteroatoms. The molecule has 0 radical (unpaired) electrons. The Morgan fingerprint density at radius 1 is 1.35 bits per heavy atom. The van der Waals surface area contributed by atoms with Crippen molar-refractivity contribution in [2.75, 3.05) is 6.54 Å². The average molecular weight is 358 g/mol. The van der Waals surface area contributed by atoms with Crippen LogP contribution in [0.1, 0.15) is 5.76 Å². The maximum absolute atomic E-state index is 12.2. The number of rotatable bonds is 7. The maximum atomic E-state index is 12.2. The van der Waals surface area contributed by atoms with Crippen molar-refractivity contribution >= 4 is 27.5 Å². The summed E-state index contributed by atoms with van der Waals surface area (Å²) in [5, 5.41) is 12.2. The van der Waals surface area contributed by atoms with E-state index in [0.717, 1.165) is 0 Å². The largest absolute Gasteiger partial charge is 0.469 e. The number of furan rings is 1. The SMILES string of the molecule is N/C(=N\O)C(CNS(=O)(=O)c1ccc(Cl)cc1)Cc1ccco1. The predicted octanol–water partition coefficient (Wildman–Crippen LogP) is 1.82. The highest BCUT2D eigenvalue weighted by molar-refractivity contribution is 7.89. The topological polar surface area (TPSA) is 118 Å². The summed E-state index contributed by atoms with van der Waals surface area (Å²) in [6.45, 7) is -0.0401. The van der Waals surface area contributed by atoms with E-state index in [9.17, 15) is 8.42 Å². The Morgan fingerprint density at radius 3 is 2.61 bits per heavy atom. The fraction of sp³-hybridized carbons (Fsp3) is 0.214. The lowest BCUT2D eigenvalue weighted by atomic mass is 10.0. The van der Waals surface area contributed by atoms with Gasteiger partial charge in [0.15, 0.2) is 0 Å². The molecule has 0 aliphatic carbocycles. The molecule has 2 rings (SSSR count). The first-order chi connectivity index (χ1) is 10.9. The first kappa shape index (κ1) is 17.3.